The van der Waals surface area contributed by atoms with Crippen molar-refractivity contribution < 1.29 is 4.79 Å². The molecule has 102 valence electrons. The summed E-state index contributed by atoms with van der Waals surface area (Å²) in [6.45, 7) is 2.44. The predicted octanol–water partition coefficient (Wildman–Crippen LogP) is 1.18. The molecule has 2 heterocycles. The van der Waals surface area contributed by atoms with Crippen LogP contribution in [0.5, 0.6) is 0 Å². The van der Waals surface area contributed by atoms with Gasteiger partial charge < -0.3 is 16.0 Å². The fourth-order valence-electron chi connectivity index (χ4n) is 3.07. The minimum atomic E-state index is 0.252. The molecule has 3 rings (SSSR count). The first-order chi connectivity index (χ1) is 9.28. The summed E-state index contributed by atoms with van der Waals surface area (Å²) in [4.78, 5) is 14.1. The minimum absolute atomic E-state index is 0.252. The first-order valence-corrected chi connectivity index (χ1v) is 7.13. The number of hydrogen-bond donors (Lipinski definition) is 2. The summed E-state index contributed by atoms with van der Waals surface area (Å²) in [5.74, 6) is 0.252. The molecule has 2 aliphatic rings. The van der Waals surface area contributed by atoms with Crippen molar-refractivity contribution in [2.75, 3.05) is 18.0 Å². The summed E-state index contributed by atoms with van der Waals surface area (Å²) in [6, 6.07) is 6.69. The zero-order valence-electron chi connectivity index (χ0n) is 11.2. The van der Waals surface area contributed by atoms with Crippen LogP contribution in [-0.2, 0) is 17.8 Å². The number of nitrogens with two attached hydrogens (primary N) is 1. The topological polar surface area (TPSA) is 58.4 Å². The molecule has 1 amide bonds. The van der Waals surface area contributed by atoms with Crippen LogP contribution in [0.3, 0.4) is 0 Å². The summed E-state index contributed by atoms with van der Waals surface area (Å²) in [5.41, 5.74) is 9.18. The molecule has 0 radical (unpaired) electrons. The maximum absolute atomic E-state index is 12.2. The van der Waals surface area contributed by atoms with Gasteiger partial charge in [0.1, 0.15) is 0 Å². The third-order valence-corrected chi connectivity index (χ3v) is 4.14. The molecule has 0 spiro atoms. The molecule has 1 aromatic carbocycles. The van der Waals surface area contributed by atoms with Gasteiger partial charge in [0.15, 0.2) is 0 Å². The molecular formula is C15H21N3O. The number of nitrogens with zero attached hydrogens (tertiary/aromatic N) is 1. The lowest BCUT2D eigenvalue weighted by molar-refractivity contribution is -0.119. The van der Waals surface area contributed by atoms with E-state index in [1.807, 2.05) is 11.0 Å². The zero-order valence-corrected chi connectivity index (χ0v) is 11.2. The number of aryl methyl sites for hydroxylation is 1. The van der Waals surface area contributed by atoms with Gasteiger partial charge in [-0.05, 0) is 43.0 Å². The second-order valence-electron chi connectivity index (χ2n) is 5.46. The van der Waals surface area contributed by atoms with Crippen LogP contribution in [0, 0.1) is 0 Å². The standard InChI is InChI=1S/C15H21N3O/c16-9-11-3-5-14-12(8-11)4-6-15(19)18(14)10-13-2-1-7-17-13/h3,5,8,13,17H,1-2,4,6-7,9-10,16H2. The van der Waals surface area contributed by atoms with Gasteiger partial charge in [0, 0.05) is 31.2 Å². The number of carbonyl (C=O) groups is 1. The van der Waals surface area contributed by atoms with E-state index in [0.717, 1.165) is 30.8 Å². The van der Waals surface area contributed by atoms with Crippen LogP contribution >= 0.6 is 0 Å². The molecule has 0 aliphatic carbocycles. The van der Waals surface area contributed by atoms with Crippen LogP contribution in [-0.4, -0.2) is 25.0 Å². The Morgan fingerprint density at radius 3 is 3.00 bits per heavy atom. The van der Waals surface area contributed by atoms with Crippen molar-refractivity contribution in [1.82, 2.24) is 5.32 Å². The van der Waals surface area contributed by atoms with Gasteiger partial charge in [0.2, 0.25) is 5.91 Å². The Balaban J connectivity index is 1.85. The third kappa shape index (κ3) is 2.51. The summed E-state index contributed by atoms with van der Waals surface area (Å²) in [5, 5.41) is 3.46. The van der Waals surface area contributed by atoms with Gasteiger partial charge >= 0.3 is 0 Å². The van der Waals surface area contributed by atoms with E-state index in [1.165, 1.54) is 18.4 Å². The molecule has 0 bridgehead atoms. The highest BCUT2D eigenvalue weighted by Gasteiger charge is 2.27. The van der Waals surface area contributed by atoms with Crippen molar-refractivity contribution in [2.45, 2.75) is 38.3 Å². The van der Waals surface area contributed by atoms with Crippen molar-refractivity contribution in [1.29, 1.82) is 0 Å². The molecule has 3 N–H and O–H groups in total. The van der Waals surface area contributed by atoms with Crippen LogP contribution in [0.25, 0.3) is 0 Å². The third-order valence-electron chi connectivity index (χ3n) is 4.14. The fourth-order valence-corrected chi connectivity index (χ4v) is 3.07. The van der Waals surface area contributed by atoms with Crippen LogP contribution in [0.2, 0.25) is 0 Å². The number of nitrogens with one attached hydrogen (secondary N) is 1. The van der Waals surface area contributed by atoms with E-state index in [4.69, 9.17) is 5.73 Å². The van der Waals surface area contributed by atoms with E-state index in [-0.39, 0.29) is 5.91 Å². The highest BCUT2D eigenvalue weighted by Crippen LogP contribution is 2.29. The lowest BCUT2D eigenvalue weighted by Crippen LogP contribution is -2.43. The lowest BCUT2D eigenvalue weighted by atomic mass is 9.98. The number of fused-ring (bicyclic) bond motifs is 1. The molecule has 0 saturated carbocycles. The first-order valence-electron chi connectivity index (χ1n) is 7.13. The van der Waals surface area contributed by atoms with Crippen LogP contribution in [0.4, 0.5) is 5.69 Å². The molecular weight excluding hydrogens is 238 g/mol. The average Bonchev–Trinajstić information content (AvgIpc) is 2.94. The van der Waals surface area contributed by atoms with E-state index < -0.39 is 0 Å². The van der Waals surface area contributed by atoms with Crippen LogP contribution in [0.1, 0.15) is 30.4 Å². The molecule has 4 heteroatoms. The minimum Gasteiger partial charge on any atom is -0.326 e. The van der Waals surface area contributed by atoms with E-state index in [0.29, 0.717) is 19.0 Å². The van der Waals surface area contributed by atoms with Gasteiger partial charge in [-0.15, -0.1) is 0 Å². The van der Waals surface area contributed by atoms with E-state index in [9.17, 15) is 4.79 Å². The summed E-state index contributed by atoms with van der Waals surface area (Å²) >= 11 is 0. The largest absolute Gasteiger partial charge is 0.326 e. The Morgan fingerprint density at radius 2 is 2.26 bits per heavy atom. The van der Waals surface area contributed by atoms with Gasteiger partial charge in [-0.3, -0.25) is 4.79 Å². The van der Waals surface area contributed by atoms with Gasteiger partial charge in [-0.2, -0.15) is 0 Å². The van der Waals surface area contributed by atoms with Gasteiger partial charge in [0.05, 0.1) is 0 Å². The highest BCUT2D eigenvalue weighted by molar-refractivity contribution is 5.96. The first kappa shape index (κ1) is 12.6. The predicted molar refractivity (Wildman–Crippen MR) is 76.0 cm³/mol. The molecule has 19 heavy (non-hydrogen) atoms. The maximum Gasteiger partial charge on any atom is 0.227 e. The SMILES string of the molecule is NCc1ccc2c(c1)CCC(=O)N2CC1CCCN1. The Kier molecular flexibility index (Phi) is 3.53. The highest BCUT2D eigenvalue weighted by atomic mass is 16.2. The molecule has 4 nitrogen and oxygen atoms in total. The second kappa shape index (κ2) is 5.31. The van der Waals surface area contributed by atoms with Crippen molar-refractivity contribution in [3.8, 4) is 0 Å². The maximum atomic E-state index is 12.2. The average molecular weight is 259 g/mol. The van der Waals surface area contributed by atoms with Gasteiger partial charge in [0.25, 0.3) is 0 Å². The Bertz CT molecular complexity index is 480. The molecule has 2 aliphatic heterocycles. The molecule has 1 saturated heterocycles. The summed E-state index contributed by atoms with van der Waals surface area (Å²) in [7, 11) is 0. The quantitative estimate of drug-likeness (QED) is 0.857. The van der Waals surface area contributed by atoms with Crippen molar-refractivity contribution in [2.24, 2.45) is 5.73 Å². The van der Waals surface area contributed by atoms with Gasteiger partial charge in [-0.1, -0.05) is 12.1 Å². The number of amides is 1. The number of rotatable bonds is 3. The molecule has 1 unspecified atom stereocenters. The Hall–Kier alpha value is -1.39. The normalized spacial score (nSPS) is 22.7. The Morgan fingerprint density at radius 1 is 1.37 bits per heavy atom. The number of carbonyl (C=O) groups excluding carboxylic acids is 1. The Labute approximate surface area is 114 Å². The van der Waals surface area contributed by atoms with E-state index in [2.05, 4.69) is 17.4 Å². The van der Waals surface area contributed by atoms with Crippen molar-refractivity contribution in [3.05, 3.63) is 29.3 Å². The fraction of sp³-hybridized carbons (Fsp3) is 0.533. The van der Waals surface area contributed by atoms with Crippen molar-refractivity contribution in [3.63, 3.8) is 0 Å². The smallest absolute Gasteiger partial charge is 0.227 e. The molecule has 0 aromatic heterocycles. The van der Waals surface area contributed by atoms with E-state index >= 15 is 0 Å². The van der Waals surface area contributed by atoms with Crippen molar-refractivity contribution >= 4 is 11.6 Å². The second-order valence-corrected chi connectivity index (χ2v) is 5.46. The number of anilines is 1. The number of hydrogen-bond acceptors (Lipinski definition) is 3. The van der Waals surface area contributed by atoms with Crippen LogP contribution < -0.4 is 16.0 Å². The molecule has 1 fully saturated rings. The summed E-state index contributed by atoms with van der Waals surface area (Å²) in [6.07, 6.45) is 3.84. The zero-order chi connectivity index (χ0) is 13.2. The monoisotopic (exact) mass is 259 g/mol. The number of benzene rings is 1. The van der Waals surface area contributed by atoms with Crippen LogP contribution in [0.15, 0.2) is 18.2 Å². The lowest BCUT2D eigenvalue weighted by Gasteiger charge is -2.31. The molecule has 1 aromatic rings. The summed E-state index contributed by atoms with van der Waals surface area (Å²) < 4.78 is 0. The molecule has 1 atom stereocenters. The van der Waals surface area contributed by atoms with Gasteiger partial charge in [-0.25, -0.2) is 0 Å². The van der Waals surface area contributed by atoms with E-state index in [1.54, 1.807) is 0 Å².